The molecule has 1 aliphatic rings. The van der Waals surface area contributed by atoms with E-state index in [1.807, 2.05) is 19.9 Å². The third-order valence-electron chi connectivity index (χ3n) is 3.94. The number of nitrogens with zero attached hydrogens (tertiary/aromatic N) is 2. The van der Waals surface area contributed by atoms with E-state index in [0.717, 1.165) is 0 Å². The number of fused-ring (bicyclic) bond motifs is 1. The van der Waals surface area contributed by atoms with Gasteiger partial charge in [0.05, 0.1) is 32.0 Å². The van der Waals surface area contributed by atoms with Crippen molar-refractivity contribution < 1.29 is 25.0 Å². The largest absolute Gasteiger partial charge is 0.496 e. The van der Waals surface area contributed by atoms with Crippen molar-refractivity contribution in [2.75, 3.05) is 20.8 Å². The molecule has 1 aliphatic carbocycles. The number of ether oxygens (including phenoxy) is 2. The van der Waals surface area contributed by atoms with Crippen molar-refractivity contribution in [3.63, 3.8) is 0 Å². The van der Waals surface area contributed by atoms with E-state index < -0.39 is 5.41 Å². The summed E-state index contributed by atoms with van der Waals surface area (Å²) in [4.78, 5) is 0. The van der Waals surface area contributed by atoms with Crippen molar-refractivity contribution >= 4 is 17.5 Å². The van der Waals surface area contributed by atoms with Gasteiger partial charge in [-0.05, 0) is 18.2 Å². The molecule has 0 saturated carbocycles. The maximum absolute atomic E-state index is 9.43. The van der Waals surface area contributed by atoms with Gasteiger partial charge in [0, 0.05) is 11.0 Å². The van der Waals surface area contributed by atoms with Gasteiger partial charge in [0.1, 0.15) is 22.9 Å². The summed E-state index contributed by atoms with van der Waals surface area (Å²) in [5.74, 6) is 0.884. The molecular formula is C18H22N2O5. The van der Waals surface area contributed by atoms with E-state index in [4.69, 9.17) is 9.47 Å². The summed E-state index contributed by atoms with van der Waals surface area (Å²) in [6, 6.07) is 1.74. The molecule has 0 bridgehead atoms. The van der Waals surface area contributed by atoms with Gasteiger partial charge in [-0.2, -0.15) is 0 Å². The molecular weight excluding hydrogens is 324 g/mol. The molecule has 0 fully saturated rings. The van der Waals surface area contributed by atoms with Crippen LogP contribution in [-0.2, 0) is 0 Å². The zero-order valence-electron chi connectivity index (χ0n) is 14.6. The summed E-state index contributed by atoms with van der Waals surface area (Å²) in [6.45, 7) is 3.78. The van der Waals surface area contributed by atoms with Gasteiger partial charge in [0.2, 0.25) is 0 Å². The summed E-state index contributed by atoms with van der Waals surface area (Å²) in [7, 11) is 3.00. The maximum atomic E-state index is 9.43. The van der Waals surface area contributed by atoms with Crippen LogP contribution in [0.15, 0.2) is 34.6 Å². The zero-order valence-corrected chi connectivity index (χ0v) is 14.6. The molecule has 7 nitrogen and oxygen atoms in total. The zero-order chi connectivity index (χ0) is 18.6. The van der Waals surface area contributed by atoms with Crippen molar-refractivity contribution in [1.29, 1.82) is 0 Å². The predicted octanol–water partition coefficient (Wildman–Crippen LogP) is 2.66. The molecule has 134 valence electrons. The van der Waals surface area contributed by atoms with Crippen LogP contribution < -0.4 is 9.47 Å². The average molecular weight is 346 g/mol. The highest BCUT2D eigenvalue weighted by atomic mass is 16.5. The maximum Gasteiger partial charge on any atom is 0.136 e. The first kappa shape index (κ1) is 18.5. The van der Waals surface area contributed by atoms with E-state index in [9.17, 15) is 15.5 Å². The predicted molar refractivity (Wildman–Crippen MR) is 95.2 cm³/mol. The second-order valence-corrected chi connectivity index (χ2v) is 6.24. The summed E-state index contributed by atoms with van der Waals surface area (Å²) < 4.78 is 11.0. The first-order chi connectivity index (χ1) is 11.9. The highest BCUT2D eigenvalue weighted by molar-refractivity contribution is 6.27. The number of hydrogen-bond donors (Lipinski definition) is 3. The standard InChI is InChI=1S/C18H22N2O5/c1-18(2,10-21)8-7-11-9-14(24-3)15-12(19-22)5-6-13(20-23)16(15)17(11)25-4/h5-9,21-23H,10H2,1-4H3. The minimum atomic E-state index is -0.417. The Labute approximate surface area is 146 Å². The van der Waals surface area contributed by atoms with Crippen LogP contribution in [0.5, 0.6) is 11.5 Å². The van der Waals surface area contributed by atoms with Gasteiger partial charge in [-0.25, -0.2) is 0 Å². The fourth-order valence-corrected chi connectivity index (χ4v) is 2.52. The van der Waals surface area contributed by atoms with Crippen molar-refractivity contribution in [1.82, 2.24) is 0 Å². The lowest BCUT2D eigenvalue weighted by Crippen LogP contribution is -2.17. The second kappa shape index (κ2) is 7.40. The molecule has 25 heavy (non-hydrogen) atoms. The molecule has 0 radical (unpaired) electrons. The summed E-state index contributed by atoms with van der Waals surface area (Å²) >= 11 is 0. The summed E-state index contributed by atoms with van der Waals surface area (Å²) in [5, 5.41) is 34.6. The average Bonchev–Trinajstić information content (AvgIpc) is 2.64. The van der Waals surface area contributed by atoms with Crippen LogP contribution in [0.2, 0.25) is 0 Å². The number of oxime groups is 2. The number of rotatable bonds is 5. The number of aliphatic hydroxyl groups excluding tert-OH is 1. The Balaban J connectivity index is 2.79. The Morgan fingerprint density at radius 2 is 1.64 bits per heavy atom. The molecule has 0 aromatic heterocycles. The Kier molecular flexibility index (Phi) is 5.48. The third-order valence-corrected chi connectivity index (χ3v) is 3.94. The number of aliphatic hydroxyl groups is 1. The molecule has 7 heteroatoms. The number of allylic oxidation sites excluding steroid dienone is 2. The van der Waals surface area contributed by atoms with E-state index in [1.54, 1.807) is 12.1 Å². The van der Waals surface area contributed by atoms with Crippen LogP contribution >= 0.6 is 0 Å². The highest BCUT2D eigenvalue weighted by Crippen LogP contribution is 2.39. The first-order valence-electron chi connectivity index (χ1n) is 7.64. The van der Waals surface area contributed by atoms with E-state index in [-0.39, 0.29) is 18.0 Å². The van der Waals surface area contributed by atoms with Gasteiger partial charge in [0.15, 0.2) is 0 Å². The van der Waals surface area contributed by atoms with Gasteiger partial charge >= 0.3 is 0 Å². The van der Waals surface area contributed by atoms with Gasteiger partial charge in [-0.15, -0.1) is 0 Å². The first-order valence-corrected chi connectivity index (χ1v) is 7.64. The quantitative estimate of drug-likeness (QED) is 0.562. The SMILES string of the molecule is COc1cc(C=CC(C)(C)CO)c(OC)c2c1C(=NO)C=CC2=NO. The fourth-order valence-electron chi connectivity index (χ4n) is 2.52. The topological polar surface area (TPSA) is 104 Å². The molecule has 2 rings (SSSR count). The third kappa shape index (κ3) is 3.51. The Morgan fingerprint density at radius 3 is 2.12 bits per heavy atom. The summed E-state index contributed by atoms with van der Waals surface area (Å²) in [5.41, 5.74) is 1.71. The molecule has 0 unspecified atom stereocenters. The smallest absolute Gasteiger partial charge is 0.136 e. The van der Waals surface area contributed by atoms with E-state index in [0.29, 0.717) is 28.2 Å². The lowest BCUT2D eigenvalue weighted by atomic mass is 9.88. The van der Waals surface area contributed by atoms with Crippen LogP contribution in [-0.4, -0.2) is 47.8 Å². The molecule has 1 aromatic carbocycles. The van der Waals surface area contributed by atoms with Gasteiger partial charge in [0.25, 0.3) is 0 Å². The molecule has 0 amide bonds. The lowest BCUT2D eigenvalue weighted by Gasteiger charge is -2.22. The van der Waals surface area contributed by atoms with E-state index in [2.05, 4.69) is 10.3 Å². The van der Waals surface area contributed by atoms with Gasteiger partial charge < -0.3 is 25.0 Å². The second-order valence-electron chi connectivity index (χ2n) is 6.24. The Morgan fingerprint density at radius 1 is 1.04 bits per heavy atom. The lowest BCUT2D eigenvalue weighted by molar-refractivity contribution is 0.200. The highest BCUT2D eigenvalue weighted by Gasteiger charge is 2.28. The minimum Gasteiger partial charge on any atom is -0.496 e. The molecule has 0 atom stereocenters. The molecule has 1 aromatic rings. The van der Waals surface area contributed by atoms with Crippen LogP contribution in [0.3, 0.4) is 0 Å². The molecule has 0 saturated heterocycles. The minimum absolute atomic E-state index is 0.0126. The van der Waals surface area contributed by atoms with E-state index >= 15 is 0 Å². The van der Waals surface area contributed by atoms with Gasteiger partial charge in [-0.1, -0.05) is 36.3 Å². The summed E-state index contributed by atoms with van der Waals surface area (Å²) in [6.07, 6.45) is 6.70. The van der Waals surface area contributed by atoms with Crippen molar-refractivity contribution in [2.24, 2.45) is 15.7 Å². The molecule has 0 heterocycles. The van der Waals surface area contributed by atoms with Crippen LogP contribution in [0, 0.1) is 5.41 Å². The Bertz CT molecular complexity index is 776. The van der Waals surface area contributed by atoms with E-state index in [1.165, 1.54) is 26.4 Å². The van der Waals surface area contributed by atoms with Crippen LogP contribution in [0.1, 0.15) is 30.5 Å². The van der Waals surface area contributed by atoms with Gasteiger partial charge in [-0.3, -0.25) is 0 Å². The fraction of sp³-hybridized carbons (Fsp3) is 0.333. The normalized spacial score (nSPS) is 17.3. The number of methoxy groups -OCH3 is 2. The van der Waals surface area contributed by atoms with Crippen LogP contribution in [0.25, 0.3) is 6.08 Å². The number of benzene rings is 1. The van der Waals surface area contributed by atoms with Crippen molar-refractivity contribution in [3.8, 4) is 11.5 Å². The molecule has 0 spiro atoms. The van der Waals surface area contributed by atoms with Crippen LogP contribution in [0.4, 0.5) is 0 Å². The number of hydrogen-bond acceptors (Lipinski definition) is 7. The monoisotopic (exact) mass is 346 g/mol. The molecule has 0 aliphatic heterocycles. The van der Waals surface area contributed by atoms with Crippen molar-refractivity contribution in [2.45, 2.75) is 13.8 Å². The molecule has 3 N–H and O–H groups in total. The van der Waals surface area contributed by atoms with Crippen molar-refractivity contribution in [3.05, 3.63) is 41.0 Å². The Hall–Kier alpha value is -2.80.